The van der Waals surface area contributed by atoms with Crippen LogP contribution in [0.2, 0.25) is 0 Å². The highest BCUT2D eigenvalue weighted by Crippen LogP contribution is 2.51. The van der Waals surface area contributed by atoms with Crippen molar-refractivity contribution in [2.24, 2.45) is 10.8 Å². The van der Waals surface area contributed by atoms with Gasteiger partial charge in [-0.25, -0.2) is 13.8 Å². The average molecular weight is 476 g/mol. The van der Waals surface area contributed by atoms with E-state index in [1.807, 2.05) is 24.3 Å². The topological polar surface area (TPSA) is 67.9 Å². The number of benzene rings is 2. The van der Waals surface area contributed by atoms with E-state index in [2.05, 4.69) is 25.9 Å². The van der Waals surface area contributed by atoms with Crippen molar-refractivity contribution in [3.8, 4) is 0 Å². The van der Waals surface area contributed by atoms with Gasteiger partial charge in [-0.2, -0.15) is 5.10 Å². The molecule has 1 aliphatic rings. The summed E-state index contributed by atoms with van der Waals surface area (Å²) in [7, 11) is 1.45. The standard InChI is InChI=1S/C25H31F2N3O2S/c1-16(32-5)23(31)30-25(13-6-14-28,18-9-7-17(8-10-18)24(2,3)4)33-22(29-30)20-15-19(26)11-12-21(20)27/h7-12,15-16H,6,13-14,28H2,1-5H3/t16-,25?/m0/s1. The van der Waals surface area contributed by atoms with E-state index in [0.29, 0.717) is 19.4 Å². The molecule has 33 heavy (non-hydrogen) atoms. The Labute approximate surface area is 198 Å². The highest BCUT2D eigenvalue weighted by atomic mass is 32.2. The van der Waals surface area contributed by atoms with Crippen LogP contribution >= 0.6 is 11.8 Å². The monoisotopic (exact) mass is 475 g/mol. The number of carbonyl (C=O) groups excluding carboxylic acids is 1. The zero-order valence-electron chi connectivity index (χ0n) is 19.7. The largest absolute Gasteiger partial charge is 0.372 e. The number of halogens is 2. The van der Waals surface area contributed by atoms with Gasteiger partial charge in [0, 0.05) is 12.7 Å². The SMILES string of the molecule is CO[C@@H](C)C(=O)N1N=C(c2cc(F)ccc2F)SC1(CCCN)c1ccc(C(C)(C)C)cc1. The molecule has 2 aromatic carbocycles. The molecule has 2 N–H and O–H groups in total. The van der Waals surface area contributed by atoms with Crippen LogP contribution in [-0.2, 0) is 19.8 Å². The number of carbonyl (C=O) groups is 1. The van der Waals surface area contributed by atoms with E-state index < -0.39 is 22.6 Å². The third-order valence-electron chi connectivity index (χ3n) is 5.79. The summed E-state index contributed by atoms with van der Waals surface area (Å²) in [6, 6.07) is 11.2. The zero-order valence-corrected chi connectivity index (χ0v) is 20.5. The van der Waals surface area contributed by atoms with Crippen molar-refractivity contribution in [3.63, 3.8) is 0 Å². The smallest absolute Gasteiger partial charge is 0.273 e. The van der Waals surface area contributed by atoms with E-state index in [9.17, 15) is 13.6 Å². The number of thioether (sulfide) groups is 1. The van der Waals surface area contributed by atoms with E-state index in [-0.39, 0.29) is 21.9 Å². The molecule has 8 heteroatoms. The second-order valence-electron chi connectivity index (χ2n) is 9.16. The summed E-state index contributed by atoms with van der Waals surface area (Å²) in [6.45, 7) is 8.43. The number of hydrogen-bond donors (Lipinski definition) is 1. The first-order valence-corrected chi connectivity index (χ1v) is 11.8. The molecule has 2 aromatic rings. The summed E-state index contributed by atoms with van der Waals surface area (Å²) in [5, 5.41) is 6.12. The molecule has 0 fully saturated rings. The van der Waals surface area contributed by atoms with Gasteiger partial charge >= 0.3 is 0 Å². The molecule has 0 aromatic heterocycles. The van der Waals surface area contributed by atoms with Gasteiger partial charge in [0.05, 0.1) is 0 Å². The van der Waals surface area contributed by atoms with Crippen molar-refractivity contribution >= 4 is 22.7 Å². The Bertz CT molecular complexity index is 1040. The fraction of sp³-hybridized carbons (Fsp3) is 0.440. The lowest BCUT2D eigenvalue weighted by atomic mass is 9.86. The quantitative estimate of drug-likeness (QED) is 0.603. The second kappa shape index (κ2) is 9.91. The maximum absolute atomic E-state index is 14.7. The fourth-order valence-electron chi connectivity index (χ4n) is 3.72. The molecule has 1 unspecified atom stereocenters. The van der Waals surface area contributed by atoms with Gasteiger partial charge in [0.1, 0.15) is 27.7 Å². The molecule has 0 aliphatic carbocycles. The van der Waals surface area contributed by atoms with Crippen LogP contribution in [0.3, 0.4) is 0 Å². The van der Waals surface area contributed by atoms with Gasteiger partial charge < -0.3 is 10.5 Å². The van der Waals surface area contributed by atoms with Crippen molar-refractivity contribution in [2.45, 2.75) is 56.9 Å². The highest BCUT2D eigenvalue weighted by Gasteiger charge is 2.49. The molecule has 0 radical (unpaired) electrons. The summed E-state index contributed by atoms with van der Waals surface area (Å²) >= 11 is 1.24. The summed E-state index contributed by atoms with van der Waals surface area (Å²) in [5.41, 5.74) is 7.79. The molecule has 1 aliphatic heterocycles. The second-order valence-corrected chi connectivity index (χ2v) is 10.4. The van der Waals surface area contributed by atoms with Crippen LogP contribution in [0.5, 0.6) is 0 Å². The normalized spacial score (nSPS) is 19.5. The van der Waals surface area contributed by atoms with Crippen LogP contribution in [0.4, 0.5) is 8.78 Å². The van der Waals surface area contributed by atoms with Crippen LogP contribution in [0.1, 0.15) is 57.2 Å². The minimum Gasteiger partial charge on any atom is -0.372 e. The minimum atomic E-state index is -0.965. The number of nitrogens with two attached hydrogens (primary N) is 1. The van der Waals surface area contributed by atoms with Crippen LogP contribution in [0.15, 0.2) is 47.6 Å². The number of amides is 1. The molecule has 0 bridgehead atoms. The third kappa shape index (κ3) is 5.13. The molecule has 0 saturated heterocycles. The summed E-state index contributed by atoms with van der Waals surface area (Å²) in [6.07, 6.45) is 0.320. The maximum atomic E-state index is 14.7. The van der Waals surface area contributed by atoms with Crippen molar-refractivity contribution in [1.29, 1.82) is 0 Å². The van der Waals surface area contributed by atoms with Gasteiger partial charge in [0.2, 0.25) is 0 Å². The third-order valence-corrected chi connectivity index (χ3v) is 7.23. The maximum Gasteiger partial charge on any atom is 0.273 e. The zero-order chi connectivity index (χ0) is 24.4. The molecule has 2 atom stereocenters. The number of hydrogen-bond acceptors (Lipinski definition) is 5. The molecule has 0 saturated carbocycles. The first-order valence-electron chi connectivity index (χ1n) is 10.9. The number of methoxy groups -OCH3 is 1. The van der Waals surface area contributed by atoms with E-state index in [0.717, 1.165) is 29.3 Å². The van der Waals surface area contributed by atoms with Crippen molar-refractivity contribution in [1.82, 2.24) is 5.01 Å². The molecular weight excluding hydrogens is 444 g/mol. The van der Waals surface area contributed by atoms with Gasteiger partial charge in [-0.1, -0.05) is 56.8 Å². The van der Waals surface area contributed by atoms with E-state index >= 15 is 0 Å². The average Bonchev–Trinajstić information content (AvgIpc) is 3.18. The lowest BCUT2D eigenvalue weighted by Gasteiger charge is -2.37. The predicted octanol–water partition coefficient (Wildman–Crippen LogP) is 5.13. The van der Waals surface area contributed by atoms with Crippen molar-refractivity contribution in [3.05, 3.63) is 70.8 Å². The first kappa shape index (κ1) is 25.3. The Morgan fingerprint density at radius 3 is 2.45 bits per heavy atom. The summed E-state index contributed by atoms with van der Waals surface area (Å²) in [4.78, 5) is 12.4. The van der Waals surface area contributed by atoms with Crippen LogP contribution in [0, 0.1) is 11.6 Å². The molecule has 0 spiro atoms. The Kier molecular flexibility index (Phi) is 7.61. The molecule has 1 heterocycles. The van der Waals surface area contributed by atoms with Gasteiger partial charge in [-0.3, -0.25) is 4.79 Å². The molecule has 3 rings (SSSR count). The predicted molar refractivity (Wildman–Crippen MR) is 129 cm³/mol. The molecule has 1 amide bonds. The lowest BCUT2D eigenvalue weighted by Crippen LogP contribution is -2.46. The van der Waals surface area contributed by atoms with E-state index in [1.54, 1.807) is 6.92 Å². The number of hydrazone groups is 1. The summed E-state index contributed by atoms with van der Waals surface area (Å²) in [5.74, 6) is -1.55. The lowest BCUT2D eigenvalue weighted by molar-refractivity contribution is -0.144. The Morgan fingerprint density at radius 1 is 1.21 bits per heavy atom. The number of rotatable bonds is 7. The number of nitrogens with zero attached hydrogens (tertiary/aromatic N) is 2. The Morgan fingerprint density at radius 2 is 1.88 bits per heavy atom. The van der Waals surface area contributed by atoms with Crippen LogP contribution < -0.4 is 5.73 Å². The Hall–Kier alpha value is -2.29. The molecular formula is C25H31F2N3O2S. The van der Waals surface area contributed by atoms with Gasteiger partial charge in [0.15, 0.2) is 0 Å². The van der Waals surface area contributed by atoms with Gasteiger partial charge in [-0.15, -0.1) is 0 Å². The van der Waals surface area contributed by atoms with Crippen LogP contribution in [0.25, 0.3) is 0 Å². The van der Waals surface area contributed by atoms with Crippen LogP contribution in [-0.4, -0.2) is 35.7 Å². The summed E-state index contributed by atoms with van der Waals surface area (Å²) < 4.78 is 33.9. The Balaban J connectivity index is 2.17. The fourth-order valence-corrected chi connectivity index (χ4v) is 5.15. The van der Waals surface area contributed by atoms with Crippen molar-refractivity contribution < 1.29 is 18.3 Å². The van der Waals surface area contributed by atoms with Crippen molar-refractivity contribution in [2.75, 3.05) is 13.7 Å². The highest BCUT2D eigenvalue weighted by molar-refractivity contribution is 8.15. The molecule has 178 valence electrons. The van der Waals surface area contributed by atoms with E-state index in [1.165, 1.54) is 23.9 Å². The van der Waals surface area contributed by atoms with Gasteiger partial charge in [-0.05, 0) is 61.1 Å². The minimum absolute atomic E-state index is 0.0174. The molecule has 5 nitrogen and oxygen atoms in total. The van der Waals surface area contributed by atoms with E-state index in [4.69, 9.17) is 10.5 Å². The van der Waals surface area contributed by atoms with Gasteiger partial charge in [0.25, 0.3) is 5.91 Å². The first-order chi connectivity index (χ1) is 15.5. The number of ether oxygens (including phenoxy) is 1.